The van der Waals surface area contributed by atoms with E-state index in [-0.39, 0.29) is 11.8 Å². The van der Waals surface area contributed by atoms with Crippen LogP contribution >= 0.6 is 0 Å². The van der Waals surface area contributed by atoms with Crippen molar-refractivity contribution in [1.82, 2.24) is 10.3 Å². The van der Waals surface area contributed by atoms with E-state index in [1.165, 1.54) is 0 Å². The number of carbonyl (C=O) groups is 1. The molecule has 0 unspecified atom stereocenters. The van der Waals surface area contributed by atoms with Crippen molar-refractivity contribution in [2.24, 2.45) is 5.73 Å². The molecule has 16 heavy (non-hydrogen) atoms. The molecule has 4 nitrogen and oxygen atoms in total. The van der Waals surface area contributed by atoms with Gasteiger partial charge in [0.25, 0.3) is 5.91 Å². The number of aromatic amines is 1. The van der Waals surface area contributed by atoms with Crippen molar-refractivity contribution in [3.05, 3.63) is 35.5 Å². The fraction of sp³-hybridized carbons (Fsp3) is 0.250. The van der Waals surface area contributed by atoms with Crippen molar-refractivity contribution in [2.75, 3.05) is 13.1 Å². The van der Waals surface area contributed by atoms with Crippen molar-refractivity contribution < 1.29 is 4.79 Å². The highest BCUT2D eigenvalue weighted by atomic mass is 16.1. The smallest absolute Gasteiger partial charge is 0.251 e. The van der Waals surface area contributed by atoms with Crippen LogP contribution in [0.5, 0.6) is 0 Å². The van der Waals surface area contributed by atoms with Crippen LogP contribution in [0, 0.1) is 0 Å². The largest absolute Gasteiger partial charge is 0.361 e. The van der Waals surface area contributed by atoms with Crippen LogP contribution in [0.4, 0.5) is 0 Å². The third-order valence-corrected chi connectivity index (χ3v) is 3.21. The lowest BCUT2D eigenvalue weighted by Gasteiger charge is -2.10. The zero-order valence-corrected chi connectivity index (χ0v) is 8.79. The molecule has 0 spiro atoms. The fourth-order valence-corrected chi connectivity index (χ4v) is 2.35. The van der Waals surface area contributed by atoms with Gasteiger partial charge < -0.3 is 16.0 Å². The number of rotatable bonds is 1. The Morgan fingerprint density at radius 3 is 3.12 bits per heavy atom. The molecule has 1 aromatic heterocycles. The maximum Gasteiger partial charge on any atom is 0.251 e. The standard InChI is InChI=1S/C12H13N3O/c13-4-7-5-15-12(16)8-2-1-3-10-11(8)9(7)6-14-10/h1-3,6-7,14H,4-5,13H2,(H,15,16)/t7-/m0/s1. The molecule has 82 valence electrons. The Kier molecular flexibility index (Phi) is 1.97. The van der Waals surface area contributed by atoms with Gasteiger partial charge in [-0.2, -0.15) is 0 Å². The van der Waals surface area contributed by atoms with Crippen molar-refractivity contribution in [3.63, 3.8) is 0 Å². The predicted molar refractivity (Wildman–Crippen MR) is 62.4 cm³/mol. The average molecular weight is 215 g/mol. The summed E-state index contributed by atoms with van der Waals surface area (Å²) in [5, 5.41) is 3.93. The quantitative estimate of drug-likeness (QED) is 0.663. The Bertz CT molecular complexity index is 558. The zero-order chi connectivity index (χ0) is 11.1. The first-order chi connectivity index (χ1) is 7.81. The Labute approximate surface area is 92.8 Å². The summed E-state index contributed by atoms with van der Waals surface area (Å²) in [6, 6.07) is 5.72. The van der Waals surface area contributed by atoms with Crippen LogP contribution in [0.2, 0.25) is 0 Å². The van der Waals surface area contributed by atoms with E-state index in [1.807, 2.05) is 24.4 Å². The fourth-order valence-electron chi connectivity index (χ4n) is 2.35. The maximum atomic E-state index is 11.9. The second-order valence-electron chi connectivity index (χ2n) is 4.11. The van der Waals surface area contributed by atoms with E-state index in [2.05, 4.69) is 10.3 Å². The lowest BCUT2D eigenvalue weighted by atomic mass is 9.98. The number of hydrogen-bond acceptors (Lipinski definition) is 2. The lowest BCUT2D eigenvalue weighted by molar-refractivity contribution is 0.0955. The third-order valence-electron chi connectivity index (χ3n) is 3.21. The number of benzene rings is 1. The molecular weight excluding hydrogens is 202 g/mol. The molecule has 4 heteroatoms. The van der Waals surface area contributed by atoms with Crippen LogP contribution in [-0.2, 0) is 0 Å². The van der Waals surface area contributed by atoms with Crippen molar-refractivity contribution in [1.29, 1.82) is 0 Å². The highest BCUT2D eigenvalue weighted by Crippen LogP contribution is 2.30. The summed E-state index contributed by atoms with van der Waals surface area (Å²) in [5.41, 5.74) is 8.63. The Hall–Kier alpha value is -1.81. The van der Waals surface area contributed by atoms with Crippen molar-refractivity contribution in [3.8, 4) is 0 Å². The number of amides is 1. The van der Waals surface area contributed by atoms with E-state index < -0.39 is 0 Å². The summed E-state index contributed by atoms with van der Waals surface area (Å²) in [6.07, 6.45) is 1.96. The summed E-state index contributed by atoms with van der Waals surface area (Å²) in [5.74, 6) is 0.184. The minimum absolute atomic E-state index is 0.0117. The van der Waals surface area contributed by atoms with Gasteiger partial charge in [0, 0.05) is 41.7 Å². The Morgan fingerprint density at radius 1 is 1.44 bits per heavy atom. The van der Waals surface area contributed by atoms with Crippen molar-refractivity contribution >= 4 is 16.8 Å². The summed E-state index contributed by atoms with van der Waals surface area (Å²) >= 11 is 0. The maximum absolute atomic E-state index is 11.9. The van der Waals surface area contributed by atoms with Gasteiger partial charge in [0.05, 0.1) is 0 Å². The molecule has 0 saturated heterocycles. The zero-order valence-electron chi connectivity index (χ0n) is 8.79. The van der Waals surface area contributed by atoms with Gasteiger partial charge in [-0.25, -0.2) is 0 Å². The normalized spacial score (nSPS) is 19.6. The number of hydrogen-bond donors (Lipinski definition) is 3. The van der Waals surface area contributed by atoms with E-state index in [0.29, 0.717) is 13.1 Å². The van der Waals surface area contributed by atoms with E-state index in [4.69, 9.17) is 5.73 Å². The number of aromatic nitrogens is 1. The van der Waals surface area contributed by atoms with Crippen LogP contribution < -0.4 is 11.1 Å². The molecule has 0 fully saturated rings. The van der Waals surface area contributed by atoms with Gasteiger partial charge in [0.15, 0.2) is 0 Å². The summed E-state index contributed by atoms with van der Waals surface area (Å²) < 4.78 is 0. The molecule has 0 saturated carbocycles. The topological polar surface area (TPSA) is 70.9 Å². The molecule has 0 radical (unpaired) electrons. The van der Waals surface area contributed by atoms with E-state index >= 15 is 0 Å². The van der Waals surface area contributed by atoms with E-state index in [1.54, 1.807) is 0 Å². The number of nitrogens with two attached hydrogens (primary N) is 1. The average Bonchev–Trinajstić information content (AvgIpc) is 2.67. The molecule has 2 aromatic rings. The van der Waals surface area contributed by atoms with Crippen LogP contribution in [0.15, 0.2) is 24.4 Å². The third kappa shape index (κ3) is 1.17. The van der Waals surface area contributed by atoms with Crippen molar-refractivity contribution in [2.45, 2.75) is 5.92 Å². The number of carbonyl (C=O) groups excluding carboxylic acids is 1. The summed E-state index contributed by atoms with van der Waals surface area (Å²) in [7, 11) is 0. The Morgan fingerprint density at radius 2 is 2.31 bits per heavy atom. The predicted octanol–water partition coefficient (Wildman–Crippen LogP) is 0.954. The van der Waals surface area contributed by atoms with Gasteiger partial charge in [0.1, 0.15) is 0 Å². The monoisotopic (exact) mass is 215 g/mol. The summed E-state index contributed by atoms with van der Waals surface area (Å²) in [4.78, 5) is 15.1. The molecule has 1 atom stereocenters. The molecule has 4 N–H and O–H groups in total. The molecule has 1 aromatic carbocycles. The van der Waals surface area contributed by atoms with Crippen LogP contribution in [-0.4, -0.2) is 24.0 Å². The number of H-pyrrole nitrogens is 1. The van der Waals surface area contributed by atoms with Crippen LogP contribution in [0.1, 0.15) is 21.8 Å². The minimum Gasteiger partial charge on any atom is -0.361 e. The van der Waals surface area contributed by atoms with Crippen LogP contribution in [0.25, 0.3) is 10.9 Å². The van der Waals surface area contributed by atoms with Gasteiger partial charge in [-0.1, -0.05) is 6.07 Å². The molecule has 2 heterocycles. The van der Waals surface area contributed by atoms with Gasteiger partial charge >= 0.3 is 0 Å². The SMILES string of the molecule is NC[C@H]1CNC(=O)c2cccc3[nH]cc1c23. The van der Waals surface area contributed by atoms with Crippen LogP contribution in [0.3, 0.4) is 0 Å². The first kappa shape index (κ1) is 9.42. The van der Waals surface area contributed by atoms with E-state index in [0.717, 1.165) is 22.0 Å². The highest BCUT2D eigenvalue weighted by molar-refractivity contribution is 6.08. The van der Waals surface area contributed by atoms with Gasteiger partial charge in [-0.15, -0.1) is 0 Å². The van der Waals surface area contributed by atoms with E-state index in [9.17, 15) is 4.79 Å². The first-order valence-corrected chi connectivity index (χ1v) is 5.39. The lowest BCUT2D eigenvalue weighted by Crippen LogP contribution is -2.29. The van der Waals surface area contributed by atoms with Gasteiger partial charge in [0.2, 0.25) is 0 Å². The molecule has 1 aliphatic rings. The first-order valence-electron chi connectivity index (χ1n) is 5.39. The Balaban J connectivity index is 2.35. The molecule has 0 aliphatic carbocycles. The van der Waals surface area contributed by atoms with Gasteiger partial charge in [-0.3, -0.25) is 4.79 Å². The molecule has 1 aliphatic heterocycles. The second kappa shape index (κ2) is 3.35. The molecule has 3 rings (SSSR count). The summed E-state index contributed by atoms with van der Waals surface area (Å²) in [6.45, 7) is 1.15. The molecule has 1 amide bonds. The highest BCUT2D eigenvalue weighted by Gasteiger charge is 2.23. The van der Waals surface area contributed by atoms with Gasteiger partial charge in [-0.05, 0) is 17.7 Å². The number of nitrogens with one attached hydrogen (secondary N) is 2. The minimum atomic E-state index is -0.0117. The molecule has 0 bridgehead atoms. The second-order valence-corrected chi connectivity index (χ2v) is 4.11. The molecular formula is C12H13N3O.